The van der Waals surface area contributed by atoms with Gasteiger partial charge in [0.15, 0.2) is 0 Å². The first-order valence-electron chi connectivity index (χ1n) is 10.0. The normalized spacial score (nSPS) is 23.2. The third kappa shape index (κ3) is 5.43. The Morgan fingerprint density at radius 3 is 2.54 bits per heavy atom. The van der Waals surface area contributed by atoms with Crippen molar-refractivity contribution in [3.8, 4) is 0 Å². The Hall–Kier alpha value is -1.63. The summed E-state index contributed by atoms with van der Waals surface area (Å²) >= 11 is 0. The van der Waals surface area contributed by atoms with E-state index in [1.807, 2.05) is 19.9 Å². The minimum Gasteiger partial charge on any atom is -0.207 e. The molecular weight excluding hydrogens is 319 g/mol. The van der Waals surface area contributed by atoms with Crippen LogP contribution in [-0.2, 0) is 0 Å². The van der Waals surface area contributed by atoms with Gasteiger partial charge in [0.2, 0.25) is 0 Å². The van der Waals surface area contributed by atoms with Crippen molar-refractivity contribution in [3.05, 3.63) is 71.2 Å². The van der Waals surface area contributed by atoms with Gasteiger partial charge >= 0.3 is 0 Å². The zero-order chi connectivity index (χ0) is 19.7. The summed E-state index contributed by atoms with van der Waals surface area (Å²) in [6.07, 6.45) is 19.8. The standard InChI is InChI=1S/C25H37F/c1-8-11-13-14-20(5)24-22(17-19(4)18-23(24)26)25(7,16-10-3)21(6)15-12-9-2/h10-16,18,21-22H,8-9,17H2,1-7H3/b13-11-,15-12?,16-10?,20-14+. The van der Waals surface area contributed by atoms with Crippen molar-refractivity contribution in [1.29, 1.82) is 0 Å². The van der Waals surface area contributed by atoms with Gasteiger partial charge in [-0.1, -0.05) is 75.8 Å². The molecule has 1 rings (SSSR count). The van der Waals surface area contributed by atoms with E-state index >= 15 is 4.39 Å². The molecule has 0 saturated carbocycles. The van der Waals surface area contributed by atoms with Crippen molar-refractivity contribution in [1.82, 2.24) is 0 Å². The first kappa shape index (κ1) is 22.4. The molecule has 0 aromatic heterocycles. The Morgan fingerprint density at radius 1 is 1.31 bits per heavy atom. The van der Waals surface area contributed by atoms with Gasteiger partial charge in [-0.25, -0.2) is 4.39 Å². The van der Waals surface area contributed by atoms with E-state index in [0.717, 1.165) is 36.0 Å². The summed E-state index contributed by atoms with van der Waals surface area (Å²) in [5.74, 6) is 0.391. The lowest BCUT2D eigenvalue weighted by molar-refractivity contribution is 0.220. The van der Waals surface area contributed by atoms with Gasteiger partial charge in [0.25, 0.3) is 0 Å². The molecule has 1 aliphatic rings. The minimum atomic E-state index is -0.133. The fourth-order valence-electron chi connectivity index (χ4n) is 3.87. The Balaban J connectivity index is 3.47. The van der Waals surface area contributed by atoms with Crippen molar-refractivity contribution >= 4 is 0 Å². The van der Waals surface area contributed by atoms with E-state index in [-0.39, 0.29) is 17.2 Å². The monoisotopic (exact) mass is 356 g/mol. The second-order valence-electron chi connectivity index (χ2n) is 7.69. The van der Waals surface area contributed by atoms with Crippen LogP contribution in [0.15, 0.2) is 71.2 Å². The van der Waals surface area contributed by atoms with Crippen molar-refractivity contribution in [2.45, 2.75) is 67.7 Å². The smallest absolute Gasteiger partial charge is 0.126 e. The number of hydrogen-bond acceptors (Lipinski definition) is 0. The molecule has 0 amide bonds. The molecule has 0 spiro atoms. The maximum Gasteiger partial charge on any atom is 0.126 e. The predicted octanol–water partition coefficient (Wildman–Crippen LogP) is 8.27. The van der Waals surface area contributed by atoms with Gasteiger partial charge in [0.1, 0.15) is 5.83 Å². The second kappa shape index (κ2) is 10.5. The molecule has 3 atom stereocenters. The molecule has 0 aromatic carbocycles. The predicted molar refractivity (Wildman–Crippen MR) is 115 cm³/mol. The van der Waals surface area contributed by atoms with Crippen molar-refractivity contribution in [2.24, 2.45) is 17.3 Å². The lowest BCUT2D eigenvalue weighted by Gasteiger charge is -2.43. The molecule has 3 unspecified atom stereocenters. The zero-order valence-corrected chi connectivity index (χ0v) is 17.8. The molecule has 1 aliphatic carbocycles. The molecule has 26 heavy (non-hydrogen) atoms. The topological polar surface area (TPSA) is 0 Å². The summed E-state index contributed by atoms with van der Waals surface area (Å²) in [7, 11) is 0. The first-order valence-corrected chi connectivity index (χ1v) is 10.0. The van der Waals surface area contributed by atoms with Gasteiger partial charge in [-0.3, -0.25) is 0 Å². The molecule has 0 fully saturated rings. The van der Waals surface area contributed by atoms with E-state index in [0.29, 0.717) is 5.92 Å². The third-order valence-electron chi connectivity index (χ3n) is 5.57. The molecule has 0 aliphatic heterocycles. The molecule has 0 heterocycles. The Bertz CT molecular complexity index is 639. The summed E-state index contributed by atoms with van der Waals surface area (Å²) < 4.78 is 15.1. The van der Waals surface area contributed by atoms with Crippen LogP contribution in [-0.4, -0.2) is 0 Å². The van der Waals surface area contributed by atoms with Crippen molar-refractivity contribution in [3.63, 3.8) is 0 Å². The van der Waals surface area contributed by atoms with Gasteiger partial charge in [-0.15, -0.1) is 0 Å². The average molecular weight is 357 g/mol. The van der Waals surface area contributed by atoms with Gasteiger partial charge in [0.05, 0.1) is 0 Å². The Kier molecular flexibility index (Phi) is 9.05. The molecule has 144 valence electrons. The van der Waals surface area contributed by atoms with Crippen molar-refractivity contribution < 1.29 is 4.39 Å². The molecule has 0 bridgehead atoms. The summed E-state index contributed by atoms with van der Waals surface area (Å²) in [6.45, 7) is 14.9. The lowest BCUT2D eigenvalue weighted by Crippen LogP contribution is -2.34. The maximum absolute atomic E-state index is 15.1. The quantitative estimate of drug-likeness (QED) is 0.303. The van der Waals surface area contributed by atoms with Crippen LogP contribution in [0.3, 0.4) is 0 Å². The first-order chi connectivity index (χ1) is 12.3. The molecule has 0 aromatic rings. The molecule has 0 saturated heterocycles. The second-order valence-corrected chi connectivity index (χ2v) is 7.69. The van der Waals surface area contributed by atoms with Crippen LogP contribution in [0.25, 0.3) is 0 Å². The maximum atomic E-state index is 15.1. The third-order valence-corrected chi connectivity index (χ3v) is 5.57. The lowest BCUT2D eigenvalue weighted by atomic mass is 9.61. The highest BCUT2D eigenvalue weighted by Gasteiger charge is 2.40. The van der Waals surface area contributed by atoms with Crippen LogP contribution in [0.1, 0.15) is 67.7 Å². The number of halogens is 1. The summed E-state index contributed by atoms with van der Waals surface area (Å²) in [6, 6.07) is 0. The number of hydrogen-bond donors (Lipinski definition) is 0. The highest BCUT2D eigenvalue weighted by Crippen LogP contribution is 2.49. The highest BCUT2D eigenvalue weighted by molar-refractivity contribution is 5.45. The summed E-state index contributed by atoms with van der Waals surface area (Å²) in [5, 5.41) is 0. The summed E-state index contributed by atoms with van der Waals surface area (Å²) in [5.41, 5.74) is 2.89. The number of rotatable bonds is 8. The minimum absolute atomic E-state index is 0.0696. The number of allylic oxidation sites excluding steroid dienone is 12. The van der Waals surface area contributed by atoms with Gasteiger partial charge in [0, 0.05) is 5.92 Å². The van der Waals surface area contributed by atoms with Crippen LogP contribution < -0.4 is 0 Å². The Labute approximate surface area is 161 Å². The Morgan fingerprint density at radius 2 is 1.96 bits per heavy atom. The van der Waals surface area contributed by atoms with Crippen LogP contribution in [0.5, 0.6) is 0 Å². The summed E-state index contributed by atoms with van der Waals surface area (Å²) in [4.78, 5) is 0. The van der Waals surface area contributed by atoms with E-state index in [1.54, 1.807) is 6.08 Å². The SMILES string of the molecule is CC=CC(C)(C(C)C=CCC)C1CC(C)=CC(F)=C1/C(C)=C/C=C\CC. The van der Waals surface area contributed by atoms with E-state index in [2.05, 4.69) is 71.1 Å². The largest absolute Gasteiger partial charge is 0.207 e. The molecular formula is C25H37F. The van der Waals surface area contributed by atoms with E-state index < -0.39 is 0 Å². The highest BCUT2D eigenvalue weighted by atomic mass is 19.1. The van der Waals surface area contributed by atoms with Crippen LogP contribution in [0.4, 0.5) is 4.39 Å². The molecule has 0 nitrogen and oxygen atoms in total. The fourth-order valence-corrected chi connectivity index (χ4v) is 3.87. The molecule has 1 heteroatoms. The average Bonchev–Trinajstić information content (AvgIpc) is 2.59. The van der Waals surface area contributed by atoms with Crippen LogP contribution >= 0.6 is 0 Å². The fraction of sp³-hybridized carbons (Fsp3) is 0.520. The zero-order valence-electron chi connectivity index (χ0n) is 17.8. The van der Waals surface area contributed by atoms with Gasteiger partial charge < -0.3 is 0 Å². The molecule has 0 N–H and O–H groups in total. The van der Waals surface area contributed by atoms with Crippen LogP contribution in [0, 0.1) is 17.3 Å². The van der Waals surface area contributed by atoms with E-state index in [9.17, 15) is 0 Å². The van der Waals surface area contributed by atoms with Gasteiger partial charge in [-0.2, -0.15) is 0 Å². The molecule has 0 radical (unpaired) electrons. The van der Waals surface area contributed by atoms with E-state index in [4.69, 9.17) is 0 Å². The van der Waals surface area contributed by atoms with E-state index in [1.165, 1.54) is 0 Å². The van der Waals surface area contributed by atoms with Gasteiger partial charge in [-0.05, 0) is 68.6 Å². The van der Waals surface area contributed by atoms with Crippen molar-refractivity contribution in [2.75, 3.05) is 0 Å². The van der Waals surface area contributed by atoms with Crippen LogP contribution in [0.2, 0.25) is 0 Å².